The number of hydrogen-bond donors (Lipinski definition) is 2. The fourth-order valence-corrected chi connectivity index (χ4v) is 0. The Labute approximate surface area is 45.3 Å². The van der Waals surface area contributed by atoms with Gasteiger partial charge in [-0.05, 0) is 0 Å². The fourth-order valence-electron chi connectivity index (χ4n) is 0. The Morgan fingerprint density at radius 1 is 1.88 bits per heavy atom. The Hall–Kier alpha value is -1.57. The van der Waals surface area contributed by atoms with E-state index in [0.717, 1.165) is 0 Å². The van der Waals surface area contributed by atoms with E-state index in [1.54, 1.807) is 0 Å². The van der Waals surface area contributed by atoms with Crippen LogP contribution in [0.5, 0.6) is 0 Å². The van der Waals surface area contributed by atoms with Crippen LogP contribution in [0, 0.1) is 11.5 Å². The molecule has 0 bridgehead atoms. The molecule has 0 fully saturated rings. The first-order chi connectivity index (χ1) is 3.68. The number of aliphatic carboxylic acids is 1. The van der Waals surface area contributed by atoms with Crippen LogP contribution in [-0.4, -0.2) is 17.4 Å². The van der Waals surface area contributed by atoms with Gasteiger partial charge in [-0.1, -0.05) is 0 Å². The molecule has 0 amide bonds. The molecule has 5 nitrogen and oxygen atoms in total. The molecule has 5 heteroatoms. The summed E-state index contributed by atoms with van der Waals surface area (Å²) in [6.07, 6.45) is 1.08. The zero-order valence-corrected chi connectivity index (χ0v) is 3.87. The van der Waals surface area contributed by atoms with Gasteiger partial charge < -0.3 is 10.8 Å². The molecule has 0 heterocycles. The summed E-state index contributed by atoms with van der Waals surface area (Å²) in [4.78, 5) is 17.9. The maximum atomic E-state index is 9.00. The van der Waals surface area contributed by atoms with Crippen LogP contribution in [0.4, 0.5) is 0 Å². The molecule has 0 radical (unpaired) electrons. The molecule has 0 spiro atoms. The third kappa shape index (κ3) is 282. The second kappa shape index (κ2) is 9.06. The zero-order chi connectivity index (χ0) is 6.99. The highest BCUT2D eigenvalue weighted by Crippen LogP contribution is 1.39. The van der Waals surface area contributed by atoms with Gasteiger partial charge in [-0.3, -0.25) is 4.79 Å². The van der Waals surface area contributed by atoms with Gasteiger partial charge in [0.15, 0.2) is 6.19 Å². The number of carboxylic acids is 1. The lowest BCUT2D eigenvalue weighted by atomic mass is 10.8. The van der Waals surface area contributed by atoms with Crippen LogP contribution in [0.1, 0.15) is 0 Å². The molecule has 0 aromatic rings. The van der Waals surface area contributed by atoms with Gasteiger partial charge in [0.25, 0.3) is 0 Å². The summed E-state index contributed by atoms with van der Waals surface area (Å²) < 4.78 is 0. The summed E-state index contributed by atoms with van der Waals surface area (Å²) in [5.74, 6) is -1.43. The van der Waals surface area contributed by atoms with Crippen LogP contribution >= 0.6 is 0 Å². The molecule has 0 aromatic heterocycles. The van der Waals surface area contributed by atoms with Crippen LogP contribution < -0.4 is 5.73 Å². The normalized spacial score (nSPS) is 4.88. The third-order valence-electron chi connectivity index (χ3n) is 0.101. The van der Waals surface area contributed by atoms with Crippen LogP contribution in [0.3, 0.4) is 0 Å². The average Bonchev–Trinajstić information content (AvgIpc) is 1.69. The maximum absolute atomic E-state index is 9.00. The first kappa shape index (κ1) is 9.66. The van der Waals surface area contributed by atoms with Gasteiger partial charge in [-0.25, -0.2) is 4.79 Å². The van der Waals surface area contributed by atoms with Gasteiger partial charge in [0.05, 0.1) is 0 Å². The van der Waals surface area contributed by atoms with E-state index in [4.69, 9.17) is 20.0 Å². The molecule has 0 atom stereocenters. The molecule has 0 aliphatic rings. The monoisotopic (exact) mass is 116 g/mol. The predicted octanol–water partition coefficient (Wildman–Crippen LogP) is -1.30. The minimum atomic E-state index is -1.43. The van der Waals surface area contributed by atoms with Crippen molar-refractivity contribution in [2.24, 2.45) is 5.73 Å². The van der Waals surface area contributed by atoms with Crippen molar-refractivity contribution in [1.82, 2.24) is 0 Å². The lowest BCUT2D eigenvalue weighted by Crippen LogP contribution is -1.91. The van der Waals surface area contributed by atoms with E-state index in [1.165, 1.54) is 6.19 Å². The second-order valence-corrected chi connectivity index (χ2v) is 0.585. The molecule has 0 aliphatic carbocycles. The highest BCUT2D eigenvalue weighted by atomic mass is 16.4. The topological polar surface area (TPSA) is 104 Å². The number of carbonyl (C=O) groups is 2. The van der Waals surface area contributed by atoms with Crippen molar-refractivity contribution in [2.45, 2.75) is 0 Å². The zero-order valence-electron chi connectivity index (χ0n) is 3.87. The van der Waals surface area contributed by atoms with E-state index >= 15 is 0 Å². The summed E-state index contributed by atoms with van der Waals surface area (Å²) in [5.41, 5.74) is 4.15. The van der Waals surface area contributed by atoms with E-state index in [0.29, 0.717) is 0 Å². The average molecular weight is 116 g/mol. The van der Waals surface area contributed by atoms with Crippen molar-refractivity contribution in [3.05, 3.63) is 0 Å². The highest BCUT2D eigenvalue weighted by Gasteiger charge is 1.80. The smallest absolute Gasteiger partial charge is 0.368 e. The van der Waals surface area contributed by atoms with Gasteiger partial charge in [0, 0.05) is 0 Å². The largest absolute Gasteiger partial charge is 0.476 e. The molecule has 44 valence electrons. The van der Waals surface area contributed by atoms with E-state index < -0.39 is 5.97 Å². The number of carboxylic acid groups (broad SMARTS) is 1. The maximum Gasteiger partial charge on any atom is 0.368 e. The molecule has 0 saturated heterocycles. The Bertz CT molecular complexity index is 114. The van der Waals surface area contributed by atoms with Crippen molar-refractivity contribution >= 4 is 12.3 Å². The minimum absolute atomic E-state index is 0.167. The van der Waals surface area contributed by atoms with Crippen LogP contribution in [0.15, 0.2) is 0 Å². The van der Waals surface area contributed by atoms with Crippen molar-refractivity contribution in [1.29, 1.82) is 5.26 Å². The number of aldehydes is 1. The van der Waals surface area contributed by atoms with Crippen molar-refractivity contribution in [2.75, 3.05) is 0 Å². The number of nitrogens with two attached hydrogens (primary N) is 1. The Morgan fingerprint density at radius 2 is 2.00 bits per heavy atom. The van der Waals surface area contributed by atoms with Crippen LogP contribution in [-0.2, 0) is 9.59 Å². The molecule has 0 aromatic carbocycles. The number of hydrogen-bond acceptors (Lipinski definition) is 4. The van der Waals surface area contributed by atoms with Gasteiger partial charge >= 0.3 is 5.97 Å². The van der Waals surface area contributed by atoms with Crippen LogP contribution in [0.2, 0.25) is 0 Å². The minimum Gasteiger partial charge on any atom is -0.476 e. The quantitative estimate of drug-likeness (QED) is 0.192. The van der Waals surface area contributed by atoms with Gasteiger partial charge in [-0.2, -0.15) is 5.26 Å². The summed E-state index contributed by atoms with van der Waals surface area (Å²) >= 11 is 0. The summed E-state index contributed by atoms with van der Waals surface area (Å²) in [5, 5.41) is 14.5. The lowest BCUT2D eigenvalue weighted by Gasteiger charge is -1.59. The van der Waals surface area contributed by atoms with E-state index in [1.807, 2.05) is 0 Å². The standard InChI is InChI=1S/C2H2O3.CH2N2/c3-1-2(4)5;2-1-3/h1H,(H,4,5);2H2. The first-order valence-electron chi connectivity index (χ1n) is 1.46. The SMILES string of the molecule is N#CN.O=CC(=O)O. The van der Waals surface area contributed by atoms with Gasteiger partial charge in [0.2, 0.25) is 6.29 Å². The number of rotatable bonds is 1. The number of nitrogens with zero attached hydrogens (tertiary/aromatic N) is 1. The molecule has 8 heavy (non-hydrogen) atoms. The fraction of sp³-hybridized carbons (Fsp3) is 0. The Kier molecular flexibility index (Phi) is 10.9. The van der Waals surface area contributed by atoms with Gasteiger partial charge in [0.1, 0.15) is 0 Å². The number of carbonyl (C=O) groups excluding carboxylic acids is 1. The Balaban J connectivity index is 0. The Morgan fingerprint density at radius 3 is 2.00 bits per heavy atom. The lowest BCUT2D eigenvalue weighted by molar-refractivity contribution is -0.143. The second-order valence-electron chi connectivity index (χ2n) is 0.585. The van der Waals surface area contributed by atoms with E-state index in [2.05, 4.69) is 5.73 Å². The van der Waals surface area contributed by atoms with Crippen LogP contribution in [0.25, 0.3) is 0 Å². The summed E-state index contributed by atoms with van der Waals surface area (Å²) in [6, 6.07) is 0. The molecular formula is C3H4N2O3. The van der Waals surface area contributed by atoms with Crippen molar-refractivity contribution in [3.8, 4) is 6.19 Å². The predicted molar refractivity (Wildman–Crippen MR) is 23.5 cm³/mol. The van der Waals surface area contributed by atoms with Crippen molar-refractivity contribution < 1.29 is 14.7 Å². The van der Waals surface area contributed by atoms with E-state index in [9.17, 15) is 0 Å². The van der Waals surface area contributed by atoms with E-state index in [-0.39, 0.29) is 6.29 Å². The molecule has 0 rings (SSSR count). The molecule has 0 unspecified atom stereocenters. The third-order valence-corrected chi connectivity index (χ3v) is 0.101. The molecule has 0 aliphatic heterocycles. The molecule has 3 N–H and O–H groups in total. The van der Waals surface area contributed by atoms with Gasteiger partial charge in [-0.15, -0.1) is 0 Å². The number of nitriles is 1. The summed E-state index contributed by atoms with van der Waals surface area (Å²) in [6.45, 7) is 0. The summed E-state index contributed by atoms with van der Waals surface area (Å²) in [7, 11) is 0. The first-order valence-corrected chi connectivity index (χ1v) is 1.46. The van der Waals surface area contributed by atoms with Crippen molar-refractivity contribution in [3.63, 3.8) is 0 Å². The molecular weight excluding hydrogens is 112 g/mol. The molecule has 0 saturated carbocycles. The highest BCUT2D eigenvalue weighted by molar-refractivity contribution is 6.19.